The Bertz CT molecular complexity index is 2310. The molecule has 2 amide bonds. The molecule has 1 atom stereocenters. The predicted molar refractivity (Wildman–Crippen MR) is 196 cm³/mol. The summed E-state index contributed by atoms with van der Waals surface area (Å²) in [6.07, 6.45) is 8.11. The molecule has 3 aromatic heterocycles. The van der Waals surface area contributed by atoms with Gasteiger partial charge in [0.1, 0.15) is 5.69 Å². The van der Waals surface area contributed by atoms with Gasteiger partial charge < -0.3 is 34.6 Å². The van der Waals surface area contributed by atoms with Gasteiger partial charge in [-0.15, -0.1) is 0 Å². The highest BCUT2D eigenvalue weighted by Gasteiger charge is 2.34. The van der Waals surface area contributed by atoms with Crippen LogP contribution >= 0.6 is 0 Å². The Morgan fingerprint density at radius 1 is 1.04 bits per heavy atom. The summed E-state index contributed by atoms with van der Waals surface area (Å²) in [6, 6.07) is 11.8. The number of aliphatic imine (C=N–C) groups is 1. The number of benzene rings is 2. The van der Waals surface area contributed by atoms with Gasteiger partial charge >= 0.3 is 0 Å². The minimum absolute atomic E-state index is 0.0559. The molecule has 0 bridgehead atoms. The molecule has 266 valence electrons. The highest BCUT2D eigenvalue weighted by Crippen LogP contribution is 2.38. The molecule has 5 heterocycles. The van der Waals surface area contributed by atoms with Crippen molar-refractivity contribution in [2.45, 2.75) is 31.7 Å². The number of carbonyl (C=O) groups is 4. The first-order valence-corrected chi connectivity index (χ1v) is 16.8. The molecule has 1 fully saturated rings. The van der Waals surface area contributed by atoms with Gasteiger partial charge in [-0.25, -0.2) is 0 Å². The molecule has 0 unspecified atom stereocenters. The lowest BCUT2D eigenvalue weighted by molar-refractivity contribution is -0.116. The summed E-state index contributed by atoms with van der Waals surface area (Å²) in [5, 5.41) is 7.85. The van der Waals surface area contributed by atoms with Gasteiger partial charge in [-0.05, 0) is 54.8 Å². The van der Waals surface area contributed by atoms with Crippen molar-refractivity contribution in [1.29, 1.82) is 0 Å². The third-order valence-electron chi connectivity index (χ3n) is 9.26. The average molecular weight is 703 g/mol. The number of anilines is 2. The van der Waals surface area contributed by atoms with Gasteiger partial charge in [-0.2, -0.15) is 9.78 Å². The fourth-order valence-electron chi connectivity index (χ4n) is 6.69. The first-order valence-electron chi connectivity index (χ1n) is 16.8. The van der Waals surface area contributed by atoms with Gasteiger partial charge in [-0.3, -0.25) is 24.2 Å². The van der Waals surface area contributed by atoms with Crippen molar-refractivity contribution >= 4 is 57.7 Å². The molecule has 0 radical (unpaired) electrons. The molecule has 2 aromatic carbocycles. The van der Waals surface area contributed by atoms with E-state index in [4.69, 9.17) is 15.2 Å². The number of nitrogen functional groups attached to an aromatic ring is 1. The Balaban J connectivity index is 0.931. The second kappa shape index (κ2) is 13.7. The van der Waals surface area contributed by atoms with Crippen LogP contribution in [0.4, 0.5) is 17.1 Å². The molecule has 14 heteroatoms. The van der Waals surface area contributed by atoms with Gasteiger partial charge in [0.2, 0.25) is 5.91 Å². The first-order chi connectivity index (χ1) is 25.0. The van der Waals surface area contributed by atoms with E-state index >= 15 is 0 Å². The van der Waals surface area contributed by atoms with E-state index in [9.17, 15) is 19.2 Å². The molecule has 2 aliphatic rings. The maximum atomic E-state index is 13.4. The second-order valence-electron chi connectivity index (χ2n) is 13.1. The van der Waals surface area contributed by atoms with Gasteiger partial charge in [0, 0.05) is 69.2 Å². The summed E-state index contributed by atoms with van der Waals surface area (Å²) in [6.45, 7) is 4.74. The normalized spacial score (nSPS) is 15.1. The van der Waals surface area contributed by atoms with Crippen molar-refractivity contribution < 1.29 is 28.7 Å². The van der Waals surface area contributed by atoms with Gasteiger partial charge in [-0.1, -0.05) is 12.2 Å². The van der Waals surface area contributed by atoms with E-state index in [1.165, 1.54) is 11.8 Å². The van der Waals surface area contributed by atoms with Crippen LogP contribution < -0.4 is 20.5 Å². The van der Waals surface area contributed by atoms with Crippen LogP contribution in [0.15, 0.2) is 78.2 Å². The Labute approximate surface area is 299 Å². The molecule has 3 N–H and O–H groups in total. The maximum absolute atomic E-state index is 13.4. The molecular formula is C38H38N8O6. The molecule has 0 spiro atoms. The zero-order valence-corrected chi connectivity index (χ0v) is 29.1. The zero-order chi connectivity index (χ0) is 36.7. The molecule has 7 rings (SSSR count). The number of methoxy groups -OCH3 is 1. The minimum atomic E-state index is -0.328. The quantitative estimate of drug-likeness (QED) is 0.0864. The van der Waals surface area contributed by atoms with E-state index in [1.807, 2.05) is 0 Å². The number of aromatic nitrogens is 4. The lowest BCUT2D eigenvalue weighted by Gasteiger charge is -2.20. The standard InChI is InChI=1S/C38H38N8O6/c1-22-10-27-18-40-29-16-35(34(51-4)15-28(29)37(49)45(27)19-22)52-9-5-6-36(48)42-26-14-31(44(3)21-26)33(47)12-23-11-32(43(2)20-23)38(50)46-30-8-7-25(39)13-24(30)17-41-46/h7-8,11,13-18,20-21,27H,1,5-6,9-10,12,19,39H2,2-4H3,(H,42,48)/t27-/m0/s1. The van der Waals surface area contributed by atoms with Crippen LogP contribution in [0.5, 0.6) is 11.5 Å². The van der Waals surface area contributed by atoms with E-state index in [2.05, 4.69) is 22.0 Å². The van der Waals surface area contributed by atoms with E-state index in [0.717, 1.165) is 11.0 Å². The Morgan fingerprint density at radius 2 is 1.85 bits per heavy atom. The van der Waals surface area contributed by atoms with Crippen LogP contribution in [0.25, 0.3) is 10.9 Å². The number of ketones is 1. The lowest BCUT2D eigenvalue weighted by Crippen LogP contribution is -2.35. The number of carbonyl (C=O) groups excluding carboxylic acids is 4. The first kappa shape index (κ1) is 34.0. The summed E-state index contributed by atoms with van der Waals surface area (Å²) in [7, 11) is 4.98. The van der Waals surface area contributed by atoms with Crippen LogP contribution in [0.1, 0.15) is 56.2 Å². The van der Waals surface area contributed by atoms with Crippen LogP contribution in [0, 0.1) is 0 Å². The third-order valence-corrected chi connectivity index (χ3v) is 9.26. The summed E-state index contributed by atoms with van der Waals surface area (Å²) in [4.78, 5) is 59.0. The van der Waals surface area contributed by atoms with E-state index in [-0.39, 0.29) is 49.0 Å². The van der Waals surface area contributed by atoms with Gasteiger partial charge in [0.25, 0.3) is 11.8 Å². The number of amides is 2. The second-order valence-corrected chi connectivity index (χ2v) is 13.1. The van der Waals surface area contributed by atoms with Gasteiger partial charge in [0.05, 0.1) is 54.1 Å². The van der Waals surface area contributed by atoms with E-state index in [0.29, 0.717) is 76.0 Å². The number of Topliss-reactive ketones (excluding diaryl/α,β-unsaturated/α-hetero) is 1. The SMILES string of the molecule is C=C1C[C@H]2C=Nc3cc(OCCCC(=O)Nc4cc(C(=O)Cc5cc(C(=O)n6ncc7cc(N)ccc76)n(C)c5)n(C)c4)c(OC)cc3C(=O)N2C1. The van der Waals surface area contributed by atoms with Crippen molar-refractivity contribution in [3.05, 3.63) is 95.7 Å². The average Bonchev–Trinajstić information content (AvgIpc) is 3.88. The summed E-state index contributed by atoms with van der Waals surface area (Å²) in [5.41, 5.74) is 11.0. The molecule has 1 saturated heterocycles. The number of nitrogens with zero attached hydrogens (tertiary/aromatic N) is 6. The van der Waals surface area contributed by atoms with Crippen LogP contribution in [0.2, 0.25) is 0 Å². The molecule has 0 aliphatic carbocycles. The predicted octanol–water partition coefficient (Wildman–Crippen LogP) is 4.70. The van der Waals surface area contributed by atoms with Crippen LogP contribution in [0.3, 0.4) is 0 Å². The Kier molecular flexibility index (Phi) is 8.97. The Morgan fingerprint density at radius 3 is 2.65 bits per heavy atom. The monoisotopic (exact) mass is 702 g/mol. The topological polar surface area (TPSA) is 168 Å². The molecule has 14 nitrogen and oxygen atoms in total. The van der Waals surface area contributed by atoms with Crippen molar-refractivity contribution in [2.75, 3.05) is 31.3 Å². The number of hydrogen-bond donors (Lipinski definition) is 2. The minimum Gasteiger partial charge on any atom is -0.493 e. The van der Waals surface area contributed by atoms with Crippen molar-refractivity contribution in [3.63, 3.8) is 0 Å². The highest BCUT2D eigenvalue weighted by atomic mass is 16.5. The number of hydrogen-bond acceptors (Lipinski definition) is 9. The molecule has 5 aromatic rings. The molecule has 2 aliphatic heterocycles. The summed E-state index contributed by atoms with van der Waals surface area (Å²) >= 11 is 0. The fraction of sp³-hybridized carbons (Fsp3) is 0.263. The number of ether oxygens (including phenoxy) is 2. The van der Waals surface area contributed by atoms with Crippen molar-refractivity contribution in [3.8, 4) is 11.5 Å². The maximum Gasteiger partial charge on any atom is 0.295 e. The number of aryl methyl sites for hydroxylation is 2. The smallest absolute Gasteiger partial charge is 0.295 e. The van der Waals surface area contributed by atoms with Crippen LogP contribution in [-0.4, -0.2) is 79.8 Å². The summed E-state index contributed by atoms with van der Waals surface area (Å²) in [5.74, 6) is -0.0332. The largest absolute Gasteiger partial charge is 0.493 e. The summed E-state index contributed by atoms with van der Waals surface area (Å²) < 4.78 is 16.1. The molecular weight excluding hydrogens is 664 g/mol. The zero-order valence-electron chi connectivity index (χ0n) is 29.1. The number of nitrogens with one attached hydrogen (secondary N) is 1. The van der Waals surface area contributed by atoms with E-state index < -0.39 is 0 Å². The van der Waals surface area contributed by atoms with Crippen molar-refractivity contribution in [2.24, 2.45) is 19.1 Å². The number of fused-ring (bicyclic) bond motifs is 3. The lowest BCUT2D eigenvalue weighted by atomic mass is 10.1. The Hall–Kier alpha value is -6.44. The van der Waals surface area contributed by atoms with E-state index in [1.54, 1.807) is 95.4 Å². The highest BCUT2D eigenvalue weighted by molar-refractivity contribution is 6.04. The van der Waals surface area contributed by atoms with Crippen molar-refractivity contribution in [1.82, 2.24) is 23.8 Å². The molecule has 52 heavy (non-hydrogen) atoms. The number of nitrogens with two attached hydrogens (primary N) is 1. The third kappa shape index (κ3) is 6.57. The van der Waals surface area contributed by atoms with Crippen LogP contribution in [-0.2, 0) is 25.3 Å². The van der Waals surface area contributed by atoms with Gasteiger partial charge in [0.15, 0.2) is 17.3 Å². The fourth-order valence-corrected chi connectivity index (χ4v) is 6.69. The molecule has 0 saturated carbocycles. The number of rotatable bonds is 11.